The Morgan fingerprint density at radius 3 is 2.08 bits per heavy atom. The van der Waals surface area contributed by atoms with Crippen LogP contribution < -0.4 is 0 Å². The molecule has 74 valence electrons. The van der Waals surface area contributed by atoms with E-state index in [2.05, 4.69) is 0 Å². The van der Waals surface area contributed by atoms with Crippen LogP contribution in [-0.4, -0.2) is 20.6 Å². The van der Waals surface area contributed by atoms with Crippen LogP contribution >= 0.6 is 0 Å². The highest BCUT2D eigenvalue weighted by Gasteiger charge is 2.06. The van der Waals surface area contributed by atoms with E-state index in [4.69, 9.17) is 5.11 Å². The molecule has 1 N–H and O–H groups in total. The summed E-state index contributed by atoms with van der Waals surface area (Å²) in [6, 6.07) is 8.21. The SMILES string of the molecule is CO.O=S(=O)(F)Cc1ccccc1. The Hall–Kier alpha value is -0.940. The molecule has 0 fully saturated rings. The molecule has 0 aliphatic rings. The fourth-order valence-electron chi connectivity index (χ4n) is 0.773. The maximum absolute atomic E-state index is 12.0. The summed E-state index contributed by atoms with van der Waals surface area (Å²) in [5.41, 5.74) is 0.468. The van der Waals surface area contributed by atoms with E-state index in [1.165, 1.54) is 0 Å². The van der Waals surface area contributed by atoms with E-state index in [0.29, 0.717) is 5.56 Å². The Labute approximate surface area is 77.0 Å². The molecule has 0 bridgehead atoms. The van der Waals surface area contributed by atoms with Gasteiger partial charge >= 0.3 is 10.2 Å². The van der Waals surface area contributed by atoms with Crippen molar-refractivity contribution in [3.05, 3.63) is 35.9 Å². The zero-order chi connectivity index (χ0) is 10.3. The molecule has 0 amide bonds. The number of aliphatic hydroxyl groups is 1. The Balaban J connectivity index is 0.000000671. The van der Waals surface area contributed by atoms with Crippen LogP contribution in [-0.2, 0) is 16.0 Å². The topological polar surface area (TPSA) is 54.4 Å². The molecular formula is C8H11FO3S. The third-order valence-corrected chi connectivity index (χ3v) is 1.86. The first kappa shape index (κ1) is 12.1. The minimum atomic E-state index is -4.38. The van der Waals surface area contributed by atoms with E-state index < -0.39 is 16.0 Å². The van der Waals surface area contributed by atoms with Crippen molar-refractivity contribution >= 4 is 10.2 Å². The minimum Gasteiger partial charge on any atom is -0.400 e. The molecule has 5 heteroatoms. The Morgan fingerprint density at radius 2 is 1.69 bits per heavy atom. The van der Waals surface area contributed by atoms with E-state index in [1.54, 1.807) is 30.3 Å². The van der Waals surface area contributed by atoms with Crippen LogP contribution in [0.2, 0.25) is 0 Å². The van der Waals surface area contributed by atoms with Gasteiger partial charge in [0.25, 0.3) is 0 Å². The van der Waals surface area contributed by atoms with E-state index in [-0.39, 0.29) is 0 Å². The molecule has 1 aromatic carbocycles. The molecule has 0 aromatic heterocycles. The molecule has 0 atom stereocenters. The average molecular weight is 206 g/mol. The second-order valence-corrected chi connectivity index (χ2v) is 3.54. The third-order valence-electron chi connectivity index (χ3n) is 1.18. The standard InChI is InChI=1S/C7H7FO2S.CH4O/c8-11(9,10)6-7-4-2-1-3-5-7;1-2/h1-5H,6H2;2H,1H3. The number of benzene rings is 1. The maximum atomic E-state index is 12.0. The average Bonchev–Trinajstić information content (AvgIpc) is 2.07. The van der Waals surface area contributed by atoms with E-state index in [0.717, 1.165) is 7.11 Å². The zero-order valence-electron chi connectivity index (χ0n) is 7.14. The normalized spacial score (nSPS) is 10.1. The van der Waals surface area contributed by atoms with Crippen LogP contribution in [0.3, 0.4) is 0 Å². The van der Waals surface area contributed by atoms with E-state index in [9.17, 15) is 12.3 Å². The maximum Gasteiger partial charge on any atom is 0.306 e. The van der Waals surface area contributed by atoms with Crippen molar-refractivity contribution in [3.8, 4) is 0 Å². The van der Waals surface area contributed by atoms with Gasteiger partial charge in [0.05, 0.1) is 0 Å². The lowest BCUT2D eigenvalue weighted by atomic mass is 10.2. The third kappa shape index (κ3) is 6.24. The van der Waals surface area contributed by atoms with Crippen LogP contribution in [0.25, 0.3) is 0 Å². The van der Waals surface area contributed by atoms with Crippen molar-refractivity contribution in [3.63, 3.8) is 0 Å². The Morgan fingerprint density at radius 1 is 1.23 bits per heavy atom. The summed E-state index contributed by atoms with van der Waals surface area (Å²) < 4.78 is 32.3. The smallest absolute Gasteiger partial charge is 0.306 e. The van der Waals surface area contributed by atoms with Crippen LogP contribution in [0.15, 0.2) is 30.3 Å². The first-order chi connectivity index (χ1) is 6.08. The summed E-state index contributed by atoms with van der Waals surface area (Å²) in [7, 11) is -3.38. The second-order valence-electron chi connectivity index (χ2n) is 2.17. The molecule has 0 saturated carbocycles. The molecule has 3 nitrogen and oxygen atoms in total. The van der Waals surface area contributed by atoms with Gasteiger partial charge in [0.2, 0.25) is 0 Å². The fraction of sp³-hybridized carbons (Fsp3) is 0.250. The second kappa shape index (κ2) is 5.66. The van der Waals surface area contributed by atoms with Gasteiger partial charge in [-0.3, -0.25) is 0 Å². The first-order valence-corrected chi connectivity index (χ1v) is 5.04. The van der Waals surface area contributed by atoms with Crippen molar-refractivity contribution in [2.24, 2.45) is 0 Å². The van der Waals surface area contributed by atoms with Crippen molar-refractivity contribution in [1.29, 1.82) is 0 Å². The minimum absolute atomic E-state index is 0.468. The summed E-state index contributed by atoms with van der Waals surface area (Å²) in [4.78, 5) is 0. The van der Waals surface area contributed by atoms with Gasteiger partial charge in [-0.05, 0) is 5.56 Å². The van der Waals surface area contributed by atoms with Gasteiger partial charge in [-0.25, -0.2) is 0 Å². The lowest BCUT2D eigenvalue weighted by molar-refractivity contribution is 0.399. The summed E-state index contributed by atoms with van der Waals surface area (Å²) in [6.45, 7) is 0. The molecular weight excluding hydrogens is 195 g/mol. The quantitative estimate of drug-likeness (QED) is 0.737. The number of rotatable bonds is 2. The highest BCUT2D eigenvalue weighted by atomic mass is 32.3. The molecule has 0 aliphatic heterocycles. The molecule has 0 aliphatic carbocycles. The Bertz CT molecular complexity index is 321. The van der Waals surface area contributed by atoms with Crippen LogP contribution in [0.4, 0.5) is 3.89 Å². The molecule has 0 heterocycles. The molecule has 1 aromatic rings. The van der Waals surface area contributed by atoms with Crippen molar-refractivity contribution in [2.45, 2.75) is 5.75 Å². The van der Waals surface area contributed by atoms with Crippen LogP contribution in [0.1, 0.15) is 5.56 Å². The van der Waals surface area contributed by atoms with Crippen molar-refractivity contribution in [2.75, 3.05) is 7.11 Å². The molecule has 0 unspecified atom stereocenters. The summed E-state index contributed by atoms with van der Waals surface area (Å²) in [5.74, 6) is -0.534. The van der Waals surface area contributed by atoms with Crippen molar-refractivity contribution in [1.82, 2.24) is 0 Å². The predicted molar refractivity (Wildman–Crippen MR) is 48.3 cm³/mol. The lowest BCUT2D eigenvalue weighted by Gasteiger charge is -1.93. The largest absolute Gasteiger partial charge is 0.400 e. The molecule has 0 radical (unpaired) electrons. The van der Waals surface area contributed by atoms with Gasteiger partial charge in [-0.1, -0.05) is 30.3 Å². The number of hydrogen-bond acceptors (Lipinski definition) is 3. The predicted octanol–water partition coefficient (Wildman–Crippen LogP) is 1.09. The summed E-state index contributed by atoms with van der Waals surface area (Å²) in [6.07, 6.45) is 0. The monoisotopic (exact) mass is 206 g/mol. The van der Waals surface area contributed by atoms with Gasteiger partial charge in [-0.15, -0.1) is 3.89 Å². The zero-order valence-corrected chi connectivity index (χ0v) is 7.96. The number of aliphatic hydroxyl groups excluding tert-OH is 1. The first-order valence-electron chi connectivity index (χ1n) is 3.49. The lowest BCUT2D eigenvalue weighted by Crippen LogP contribution is -1.94. The van der Waals surface area contributed by atoms with E-state index >= 15 is 0 Å². The van der Waals surface area contributed by atoms with Crippen molar-refractivity contribution < 1.29 is 17.4 Å². The highest BCUT2D eigenvalue weighted by molar-refractivity contribution is 7.85. The van der Waals surface area contributed by atoms with Gasteiger partial charge < -0.3 is 5.11 Å². The number of halogens is 1. The highest BCUT2D eigenvalue weighted by Crippen LogP contribution is 2.05. The molecule has 13 heavy (non-hydrogen) atoms. The Kier molecular flexibility index (Phi) is 5.25. The van der Waals surface area contributed by atoms with Gasteiger partial charge in [0.1, 0.15) is 5.75 Å². The number of hydrogen-bond donors (Lipinski definition) is 1. The van der Waals surface area contributed by atoms with Crippen LogP contribution in [0.5, 0.6) is 0 Å². The fourth-order valence-corrected chi connectivity index (χ4v) is 1.36. The molecule has 0 spiro atoms. The van der Waals surface area contributed by atoms with E-state index in [1.807, 2.05) is 0 Å². The van der Waals surface area contributed by atoms with Gasteiger partial charge in [0, 0.05) is 7.11 Å². The molecule has 1 rings (SSSR count). The van der Waals surface area contributed by atoms with Gasteiger partial charge in [0.15, 0.2) is 0 Å². The van der Waals surface area contributed by atoms with Crippen LogP contribution in [0, 0.1) is 0 Å². The molecule has 0 saturated heterocycles. The summed E-state index contributed by atoms with van der Waals surface area (Å²) in [5, 5.41) is 7.00. The summed E-state index contributed by atoms with van der Waals surface area (Å²) >= 11 is 0. The van der Waals surface area contributed by atoms with Gasteiger partial charge in [-0.2, -0.15) is 8.42 Å².